The highest BCUT2D eigenvalue weighted by Crippen LogP contribution is 2.33. The van der Waals surface area contributed by atoms with Crippen LogP contribution in [0.1, 0.15) is 25.7 Å². The molecule has 0 aromatic heterocycles. The number of ether oxygens (including phenoxy) is 2. The Morgan fingerprint density at radius 1 is 1.57 bits per heavy atom. The SMILES string of the molecule is CO[C@@H]1CCO[C@@]2(CCCN(N)C2)C1. The van der Waals surface area contributed by atoms with Crippen LogP contribution in [0.3, 0.4) is 0 Å². The smallest absolute Gasteiger partial charge is 0.0847 e. The summed E-state index contributed by atoms with van der Waals surface area (Å²) in [6.45, 7) is 2.65. The highest BCUT2D eigenvalue weighted by molar-refractivity contribution is 4.92. The molecule has 0 amide bonds. The number of hydrazine groups is 1. The summed E-state index contributed by atoms with van der Waals surface area (Å²) in [5.41, 5.74) is -0.0219. The van der Waals surface area contributed by atoms with Crippen molar-refractivity contribution >= 4 is 0 Å². The lowest BCUT2D eigenvalue weighted by atomic mass is 9.85. The van der Waals surface area contributed by atoms with Gasteiger partial charge < -0.3 is 9.47 Å². The van der Waals surface area contributed by atoms with E-state index in [1.54, 1.807) is 7.11 Å². The highest BCUT2D eigenvalue weighted by atomic mass is 16.5. The Bertz CT molecular complexity index is 197. The lowest BCUT2D eigenvalue weighted by Crippen LogP contribution is -2.55. The van der Waals surface area contributed by atoms with Crippen LogP contribution in [-0.2, 0) is 9.47 Å². The van der Waals surface area contributed by atoms with Gasteiger partial charge in [0.2, 0.25) is 0 Å². The van der Waals surface area contributed by atoms with Crippen LogP contribution in [0.15, 0.2) is 0 Å². The van der Waals surface area contributed by atoms with Crippen LogP contribution in [-0.4, -0.2) is 43.5 Å². The summed E-state index contributed by atoms with van der Waals surface area (Å²) in [6.07, 6.45) is 4.63. The molecule has 2 aliphatic rings. The topological polar surface area (TPSA) is 47.7 Å². The molecule has 1 spiro atoms. The van der Waals surface area contributed by atoms with Gasteiger partial charge in [0.25, 0.3) is 0 Å². The molecule has 2 saturated heterocycles. The van der Waals surface area contributed by atoms with E-state index in [2.05, 4.69) is 0 Å². The van der Waals surface area contributed by atoms with Crippen molar-refractivity contribution in [2.45, 2.75) is 37.4 Å². The maximum absolute atomic E-state index is 5.91. The van der Waals surface area contributed by atoms with E-state index in [1.807, 2.05) is 5.01 Å². The minimum Gasteiger partial charge on any atom is -0.381 e. The summed E-state index contributed by atoms with van der Waals surface area (Å²) in [7, 11) is 1.78. The molecule has 0 bridgehead atoms. The summed E-state index contributed by atoms with van der Waals surface area (Å²) in [5.74, 6) is 5.84. The number of rotatable bonds is 1. The Balaban J connectivity index is 1.99. The van der Waals surface area contributed by atoms with Gasteiger partial charge in [-0.05, 0) is 19.3 Å². The molecule has 2 aliphatic heterocycles. The van der Waals surface area contributed by atoms with Crippen molar-refractivity contribution in [1.29, 1.82) is 0 Å². The molecule has 2 N–H and O–H groups in total. The maximum Gasteiger partial charge on any atom is 0.0847 e. The predicted molar refractivity (Wildman–Crippen MR) is 53.7 cm³/mol. The normalized spacial score (nSPS) is 40.3. The molecule has 0 unspecified atom stereocenters. The molecule has 0 aromatic rings. The van der Waals surface area contributed by atoms with Crippen molar-refractivity contribution in [3.05, 3.63) is 0 Å². The third-order valence-electron chi connectivity index (χ3n) is 3.35. The van der Waals surface area contributed by atoms with Gasteiger partial charge in [-0.1, -0.05) is 0 Å². The standard InChI is InChI=1S/C10H20N2O2/c1-13-9-3-6-14-10(7-9)4-2-5-12(11)8-10/h9H,2-8,11H2,1H3/t9-,10+/m1/s1. The average molecular weight is 200 g/mol. The summed E-state index contributed by atoms with van der Waals surface area (Å²) in [6, 6.07) is 0. The third-order valence-corrected chi connectivity index (χ3v) is 3.35. The zero-order chi connectivity index (χ0) is 10.0. The van der Waals surface area contributed by atoms with Crippen molar-refractivity contribution in [2.75, 3.05) is 26.8 Å². The Morgan fingerprint density at radius 3 is 3.14 bits per heavy atom. The van der Waals surface area contributed by atoms with Gasteiger partial charge in [-0.3, -0.25) is 5.84 Å². The number of methoxy groups -OCH3 is 1. The summed E-state index contributed by atoms with van der Waals surface area (Å²) in [4.78, 5) is 0. The summed E-state index contributed by atoms with van der Waals surface area (Å²) < 4.78 is 11.3. The monoisotopic (exact) mass is 200 g/mol. The number of piperidine rings is 1. The first kappa shape index (κ1) is 10.4. The molecule has 0 radical (unpaired) electrons. The van der Waals surface area contributed by atoms with Crippen LogP contribution < -0.4 is 5.84 Å². The average Bonchev–Trinajstić information content (AvgIpc) is 2.17. The van der Waals surface area contributed by atoms with E-state index >= 15 is 0 Å². The lowest BCUT2D eigenvalue weighted by Gasteiger charge is -2.45. The van der Waals surface area contributed by atoms with Gasteiger partial charge in [0.15, 0.2) is 0 Å². The van der Waals surface area contributed by atoms with Gasteiger partial charge in [-0.25, -0.2) is 5.01 Å². The van der Waals surface area contributed by atoms with Crippen LogP contribution in [0.5, 0.6) is 0 Å². The van der Waals surface area contributed by atoms with E-state index in [1.165, 1.54) is 0 Å². The van der Waals surface area contributed by atoms with Gasteiger partial charge in [0, 0.05) is 33.2 Å². The molecule has 2 atom stereocenters. The molecule has 2 fully saturated rings. The fourth-order valence-electron chi connectivity index (χ4n) is 2.60. The van der Waals surface area contributed by atoms with Crippen LogP contribution in [0.2, 0.25) is 0 Å². The number of nitrogens with two attached hydrogens (primary N) is 1. The largest absolute Gasteiger partial charge is 0.381 e. The van der Waals surface area contributed by atoms with Gasteiger partial charge in [0.1, 0.15) is 0 Å². The first-order valence-corrected chi connectivity index (χ1v) is 5.40. The van der Waals surface area contributed by atoms with Crippen LogP contribution in [0, 0.1) is 0 Å². The first-order valence-electron chi connectivity index (χ1n) is 5.40. The fourth-order valence-corrected chi connectivity index (χ4v) is 2.60. The molecular formula is C10H20N2O2. The van der Waals surface area contributed by atoms with Crippen molar-refractivity contribution in [2.24, 2.45) is 5.84 Å². The molecule has 2 rings (SSSR count). The second-order valence-electron chi connectivity index (χ2n) is 4.46. The molecular weight excluding hydrogens is 180 g/mol. The maximum atomic E-state index is 5.91. The Hall–Kier alpha value is -0.160. The number of nitrogens with zero attached hydrogens (tertiary/aromatic N) is 1. The quantitative estimate of drug-likeness (QED) is 0.627. The minimum absolute atomic E-state index is 0.0219. The fraction of sp³-hybridized carbons (Fsp3) is 1.00. The van der Waals surface area contributed by atoms with Gasteiger partial charge >= 0.3 is 0 Å². The molecule has 4 heteroatoms. The number of hydrogen-bond acceptors (Lipinski definition) is 4. The Kier molecular flexibility index (Phi) is 3.07. The van der Waals surface area contributed by atoms with Gasteiger partial charge in [-0.2, -0.15) is 0 Å². The molecule has 14 heavy (non-hydrogen) atoms. The van der Waals surface area contributed by atoms with Crippen molar-refractivity contribution in [3.8, 4) is 0 Å². The molecule has 0 saturated carbocycles. The van der Waals surface area contributed by atoms with Crippen molar-refractivity contribution < 1.29 is 9.47 Å². The lowest BCUT2D eigenvalue weighted by molar-refractivity contribution is -0.153. The van der Waals surface area contributed by atoms with Crippen LogP contribution in [0.4, 0.5) is 0 Å². The van der Waals surface area contributed by atoms with E-state index < -0.39 is 0 Å². The van der Waals surface area contributed by atoms with Crippen molar-refractivity contribution in [3.63, 3.8) is 0 Å². The van der Waals surface area contributed by atoms with Crippen LogP contribution in [0.25, 0.3) is 0 Å². The zero-order valence-corrected chi connectivity index (χ0v) is 8.87. The van der Waals surface area contributed by atoms with Crippen LogP contribution >= 0.6 is 0 Å². The zero-order valence-electron chi connectivity index (χ0n) is 8.87. The third kappa shape index (κ3) is 2.08. The summed E-state index contributed by atoms with van der Waals surface area (Å²) >= 11 is 0. The first-order chi connectivity index (χ1) is 6.74. The number of hydrogen-bond donors (Lipinski definition) is 1. The molecule has 82 valence electrons. The van der Waals surface area contributed by atoms with E-state index in [-0.39, 0.29) is 5.60 Å². The Labute approximate surface area is 85.3 Å². The highest BCUT2D eigenvalue weighted by Gasteiger charge is 2.40. The minimum atomic E-state index is -0.0219. The molecule has 4 nitrogen and oxygen atoms in total. The second-order valence-corrected chi connectivity index (χ2v) is 4.46. The Morgan fingerprint density at radius 2 is 2.43 bits per heavy atom. The van der Waals surface area contributed by atoms with E-state index in [9.17, 15) is 0 Å². The summed E-state index contributed by atoms with van der Waals surface area (Å²) in [5, 5.41) is 1.88. The van der Waals surface area contributed by atoms with E-state index in [4.69, 9.17) is 15.3 Å². The molecule has 2 heterocycles. The second kappa shape index (κ2) is 4.14. The van der Waals surface area contributed by atoms with E-state index in [0.717, 1.165) is 45.4 Å². The molecule has 0 aromatic carbocycles. The molecule has 0 aliphatic carbocycles. The van der Waals surface area contributed by atoms with Gasteiger partial charge in [0.05, 0.1) is 11.7 Å². The van der Waals surface area contributed by atoms with Gasteiger partial charge in [-0.15, -0.1) is 0 Å². The van der Waals surface area contributed by atoms with E-state index in [0.29, 0.717) is 6.10 Å². The van der Waals surface area contributed by atoms with Crippen molar-refractivity contribution in [1.82, 2.24) is 5.01 Å². The predicted octanol–water partition coefficient (Wildman–Crippen LogP) is 0.520.